The van der Waals surface area contributed by atoms with Crippen molar-refractivity contribution in [3.8, 4) is 0 Å². The number of hydrogen-bond donors (Lipinski definition) is 1. The van der Waals surface area contributed by atoms with E-state index in [0.29, 0.717) is 10.6 Å². The summed E-state index contributed by atoms with van der Waals surface area (Å²) in [5.41, 5.74) is 0.139. The van der Waals surface area contributed by atoms with Crippen LogP contribution in [0.15, 0.2) is 24.3 Å². The summed E-state index contributed by atoms with van der Waals surface area (Å²) in [6.45, 7) is 0. The van der Waals surface area contributed by atoms with Crippen LogP contribution in [-0.4, -0.2) is 34.3 Å². The second kappa shape index (κ2) is 4.97. The molecule has 1 N–H and O–H groups in total. The Hall–Kier alpha value is -2.21. The van der Waals surface area contributed by atoms with Gasteiger partial charge in [0.15, 0.2) is 5.69 Å². The molecule has 0 radical (unpaired) electrons. The minimum absolute atomic E-state index is 0.0795. The van der Waals surface area contributed by atoms with Crippen LogP contribution in [0.1, 0.15) is 26.5 Å². The smallest absolute Gasteiger partial charge is 0.361 e. The molecule has 0 atom stereocenters. The van der Waals surface area contributed by atoms with Crippen molar-refractivity contribution in [2.45, 2.75) is 0 Å². The highest BCUT2D eigenvalue weighted by Gasteiger charge is 2.23. The summed E-state index contributed by atoms with van der Waals surface area (Å²) < 4.78 is 4.51. The molecule has 0 aliphatic heterocycles. The van der Waals surface area contributed by atoms with Gasteiger partial charge < -0.3 is 4.74 Å². The van der Waals surface area contributed by atoms with Crippen LogP contribution in [0.4, 0.5) is 0 Å². The van der Waals surface area contributed by atoms with Crippen molar-refractivity contribution in [1.29, 1.82) is 0 Å². The Bertz CT molecular complexity index is 592. The van der Waals surface area contributed by atoms with Crippen molar-refractivity contribution < 1.29 is 14.3 Å². The number of esters is 1. The van der Waals surface area contributed by atoms with Crippen molar-refractivity contribution in [2.24, 2.45) is 0 Å². The normalized spacial score (nSPS) is 10.1. The van der Waals surface area contributed by atoms with E-state index in [1.54, 1.807) is 24.3 Å². The Labute approximate surface area is 107 Å². The Morgan fingerprint density at radius 1 is 1.17 bits per heavy atom. The molecule has 0 aliphatic rings. The molecule has 0 saturated carbocycles. The maximum atomic E-state index is 12.1. The van der Waals surface area contributed by atoms with Gasteiger partial charge in [0.25, 0.3) is 0 Å². The quantitative estimate of drug-likeness (QED) is 0.671. The third-order valence-corrected chi connectivity index (χ3v) is 2.50. The average molecular weight is 266 g/mol. The van der Waals surface area contributed by atoms with Crippen LogP contribution in [-0.2, 0) is 4.74 Å². The molecule has 0 bridgehead atoms. The molecule has 0 spiro atoms. The van der Waals surface area contributed by atoms with Crippen LogP contribution in [0.25, 0.3) is 0 Å². The van der Waals surface area contributed by atoms with Crippen molar-refractivity contribution in [3.63, 3.8) is 0 Å². The fourth-order valence-electron chi connectivity index (χ4n) is 1.37. The van der Waals surface area contributed by atoms with Crippen LogP contribution < -0.4 is 0 Å². The Morgan fingerprint density at radius 2 is 1.78 bits per heavy atom. The number of carbonyl (C=O) groups is 2. The number of hydrogen-bond acceptors (Lipinski definition) is 5. The minimum atomic E-state index is -0.721. The third-order valence-electron chi connectivity index (χ3n) is 2.25. The number of aromatic amines is 1. The number of benzene rings is 1. The molecule has 6 nitrogen and oxygen atoms in total. The molecule has 92 valence electrons. The lowest BCUT2D eigenvalue weighted by atomic mass is 10.1. The molecule has 2 rings (SSSR count). The summed E-state index contributed by atoms with van der Waals surface area (Å²) in [7, 11) is 1.20. The molecule has 0 unspecified atom stereocenters. The van der Waals surface area contributed by atoms with E-state index in [1.807, 2.05) is 0 Å². The largest absolute Gasteiger partial charge is 0.464 e. The topological polar surface area (TPSA) is 84.9 Å². The van der Waals surface area contributed by atoms with Gasteiger partial charge in [0.2, 0.25) is 11.5 Å². The Balaban J connectivity index is 2.37. The van der Waals surface area contributed by atoms with Crippen molar-refractivity contribution in [2.75, 3.05) is 7.11 Å². The fourth-order valence-corrected chi connectivity index (χ4v) is 1.49. The highest BCUT2D eigenvalue weighted by Crippen LogP contribution is 2.14. The minimum Gasteiger partial charge on any atom is -0.464 e. The number of H-pyrrole nitrogens is 1. The molecule has 0 fully saturated rings. The second-order valence-electron chi connectivity index (χ2n) is 3.35. The molecule has 1 heterocycles. The summed E-state index contributed by atoms with van der Waals surface area (Å²) in [6, 6.07) is 6.24. The summed E-state index contributed by atoms with van der Waals surface area (Å²) in [5, 5.41) is 10.00. The number of halogens is 1. The maximum Gasteiger partial charge on any atom is 0.361 e. The molecule has 0 saturated heterocycles. The van der Waals surface area contributed by atoms with E-state index in [2.05, 4.69) is 20.1 Å². The van der Waals surface area contributed by atoms with Gasteiger partial charge in [-0.2, -0.15) is 10.3 Å². The number of ketones is 1. The van der Waals surface area contributed by atoms with Crippen molar-refractivity contribution >= 4 is 23.4 Å². The summed E-state index contributed by atoms with van der Waals surface area (Å²) in [5.74, 6) is -1.15. The SMILES string of the molecule is COC(=O)c1n[nH]nc1C(=O)c1ccc(Cl)cc1. The van der Waals surface area contributed by atoms with Crippen molar-refractivity contribution in [1.82, 2.24) is 15.4 Å². The number of rotatable bonds is 3. The first-order valence-electron chi connectivity index (χ1n) is 4.93. The molecule has 1 aromatic carbocycles. The van der Waals surface area contributed by atoms with Crippen LogP contribution in [0.3, 0.4) is 0 Å². The average Bonchev–Trinajstić information content (AvgIpc) is 2.87. The van der Waals surface area contributed by atoms with Gasteiger partial charge in [-0.05, 0) is 24.3 Å². The lowest BCUT2D eigenvalue weighted by Gasteiger charge is -1.99. The van der Waals surface area contributed by atoms with Gasteiger partial charge in [-0.3, -0.25) is 4.79 Å². The third kappa shape index (κ3) is 2.23. The standard InChI is InChI=1S/C11H8ClN3O3/c1-18-11(17)9-8(13-15-14-9)10(16)6-2-4-7(12)5-3-6/h2-5H,1H3,(H,13,14,15). The van der Waals surface area contributed by atoms with Gasteiger partial charge in [0, 0.05) is 10.6 Å². The zero-order chi connectivity index (χ0) is 13.1. The number of methoxy groups -OCH3 is 1. The van der Waals surface area contributed by atoms with E-state index in [9.17, 15) is 9.59 Å². The van der Waals surface area contributed by atoms with Crippen LogP contribution in [0.5, 0.6) is 0 Å². The molecule has 18 heavy (non-hydrogen) atoms. The van der Waals surface area contributed by atoms with Crippen molar-refractivity contribution in [3.05, 3.63) is 46.2 Å². The van der Waals surface area contributed by atoms with E-state index in [-0.39, 0.29) is 11.4 Å². The Morgan fingerprint density at radius 3 is 2.39 bits per heavy atom. The molecule has 0 aliphatic carbocycles. The van der Waals surface area contributed by atoms with Gasteiger partial charge in [-0.25, -0.2) is 4.79 Å². The molecule has 7 heteroatoms. The lowest BCUT2D eigenvalue weighted by molar-refractivity contribution is 0.0590. The second-order valence-corrected chi connectivity index (χ2v) is 3.78. The van der Waals surface area contributed by atoms with E-state index in [0.717, 1.165) is 0 Å². The highest BCUT2D eigenvalue weighted by molar-refractivity contribution is 6.30. The zero-order valence-corrected chi connectivity index (χ0v) is 10.1. The van der Waals surface area contributed by atoms with Crippen LogP contribution >= 0.6 is 11.6 Å². The fraction of sp³-hybridized carbons (Fsp3) is 0.0909. The van der Waals surface area contributed by atoms with Gasteiger partial charge in [-0.15, -0.1) is 5.10 Å². The van der Waals surface area contributed by atoms with Gasteiger partial charge in [-0.1, -0.05) is 11.6 Å². The number of nitrogens with one attached hydrogen (secondary N) is 1. The van der Waals surface area contributed by atoms with E-state index >= 15 is 0 Å². The predicted octanol–water partition coefficient (Wildman–Crippen LogP) is 1.48. The first-order chi connectivity index (χ1) is 8.63. The number of nitrogens with zero attached hydrogens (tertiary/aromatic N) is 2. The maximum absolute atomic E-state index is 12.1. The van der Waals surface area contributed by atoms with E-state index in [4.69, 9.17) is 11.6 Å². The van der Waals surface area contributed by atoms with Crippen LogP contribution in [0.2, 0.25) is 5.02 Å². The molecular formula is C11H8ClN3O3. The van der Waals surface area contributed by atoms with Crippen LogP contribution in [0, 0.1) is 0 Å². The number of aromatic nitrogens is 3. The zero-order valence-electron chi connectivity index (χ0n) is 9.31. The lowest BCUT2D eigenvalue weighted by Crippen LogP contribution is -2.11. The Kier molecular flexibility index (Phi) is 3.38. The molecule has 1 aromatic heterocycles. The van der Waals surface area contributed by atoms with Gasteiger partial charge in [0.05, 0.1) is 7.11 Å². The van der Waals surface area contributed by atoms with E-state index in [1.165, 1.54) is 7.11 Å². The summed E-state index contributed by atoms with van der Waals surface area (Å²) in [6.07, 6.45) is 0. The number of carbonyl (C=O) groups excluding carboxylic acids is 2. The van der Waals surface area contributed by atoms with Gasteiger partial charge in [0.1, 0.15) is 0 Å². The first kappa shape index (κ1) is 12.3. The first-order valence-corrected chi connectivity index (χ1v) is 5.30. The summed E-state index contributed by atoms with van der Waals surface area (Å²) in [4.78, 5) is 23.5. The molecule has 2 aromatic rings. The number of ether oxygens (including phenoxy) is 1. The predicted molar refractivity (Wildman–Crippen MR) is 62.6 cm³/mol. The van der Waals surface area contributed by atoms with E-state index < -0.39 is 11.8 Å². The molecule has 0 amide bonds. The summed E-state index contributed by atoms with van der Waals surface area (Å²) >= 11 is 5.73. The highest BCUT2D eigenvalue weighted by atomic mass is 35.5. The molecular weight excluding hydrogens is 258 g/mol. The van der Waals surface area contributed by atoms with Gasteiger partial charge >= 0.3 is 5.97 Å². The monoisotopic (exact) mass is 265 g/mol.